The second-order valence-electron chi connectivity index (χ2n) is 3.97. The van der Waals surface area contributed by atoms with Crippen LogP contribution >= 0.6 is 15.9 Å². The van der Waals surface area contributed by atoms with Gasteiger partial charge in [-0.05, 0) is 34.0 Å². The molecule has 1 aromatic rings. The maximum atomic E-state index is 9.93. The number of ether oxygens (including phenoxy) is 2. The molecule has 2 N–H and O–H groups in total. The minimum atomic E-state index is -0.593. The summed E-state index contributed by atoms with van der Waals surface area (Å²) in [4.78, 5) is 0. The molecule has 4 nitrogen and oxygen atoms in total. The van der Waals surface area contributed by atoms with E-state index in [4.69, 9.17) is 9.47 Å². The highest BCUT2D eigenvalue weighted by atomic mass is 79.9. The van der Waals surface area contributed by atoms with Gasteiger partial charge in [-0.15, -0.1) is 0 Å². The highest BCUT2D eigenvalue weighted by Crippen LogP contribution is 2.41. The molecule has 1 aromatic carbocycles. The lowest BCUT2D eigenvalue weighted by Gasteiger charge is -2.23. The number of benzene rings is 1. The average molecular weight is 319 g/mol. The predicted molar refractivity (Wildman–Crippen MR) is 73.4 cm³/mol. The average Bonchev–Trinajstić information content (AvgIpc) is 2.40. The molecule has 5 heteroatoms. The zero-order valence-corrected chi connectivity index (χ0v) is 12.4. The molecule has 0 amide bonds. The SMILES string of the molecule is CCC(O)C(CO)c1ccc(OC)c(OC)c1Br. The van der Waals surface area contributed by atoms with Gasteiger partial charge in [0.1, 0.15) is 0 Å². The molecular formula is C13H19BrO4. The smallest absolute Gasteiger partial charge is 0.175 e. The zero-order chi connectivity index (χ0) is 13.7. The summed E-state index contributed by atoms with van der Waals surface area (Å²) in [7, 11) is 3.12. The van der Waals surface area contributed by atoms with Gasteiger partial charge >= 0.3 is 0 Å². The molecule has 0 aromatic heterocycles. The Morgan fingerprint density at radius 3 is 2.39 bits per heavy atom. The Hall–Kier alpha value is -0.780. The number of aliphatic hydroxyl groups is 2. The fourth-order valence-electron chi connectivity index (χ4n) is 1.90. The van der Waals surface area contributed by atoms with Gasteiger partial charge in [0, 0.05) is 5.92 Å². The van der Waals surface area contributed by atoms with Crippen molar-refractivity contribution in [3.8, 4) is 11.5 Å². The summed E-state index contributed by atoms with van der Waals surface area (Å²) in [6.07, 6.45) is -0.0177. The lowest BCUT2D eigenvalue weighted by atomic mass is 9.92. The van der Waals surface area contributed by atoms with E-state index in [1.54, 1.807) is 20.3 Å². The molecule has 0 heterocycles. The van der Waals surface area contributed by atoms with Gasteiger partial charge in [-0.2, -0.15) is 0 Å². The first kappa shape index (κ1) is 15.3. The van der Waals surface area contributed by atoms with E-state index in [9.17, 15) is 10.2 Å². The second kappa shape index (κ2) is 6.97. The molecule has 0 fully saturated rings. The summed E-state index contributed by atoms with van der Waals surface area (Å²) in [6.45, 7) is 1.76. The molecule has 18 heavy (non-hydrogen) atoms. The van der Waals surface area contributed by atoms with E-state index < -0.39 is 6.10 Å². The zero-order valence-electron chi connectivity index (χ0n) is 10.8. The van der Waals surface area contributed by atoms with Crippen molar-refractivity contribution in [1.82, 2.24) is 0 Å². The lowest BCUT2D eigenvalue weighted by Crippen LogP contribution is -2.21. The van der Waals surface area contributed by atoms with Gasteiger partial charge < -0.3 is 19.7 Å². The molecule has 0 saturated carbocycles. The predicted octanol–water partition coefficient (Wildman–Crippen LogP) is 2.31. The van der Waals surface area contributed by atoms with Crippen LogP contribution in [0.15, 0.2) is 16.6 Å². The molecule has 2 atom stereocenters. The molecule has 0 aliphatic heterocycles. The monoisotopic (exact) mass is 318 g/mol. The number of methoxy groups -OCH3 is 2. The number of rotatable bonds is 6. The molecule has 0 saturated heterocycles. The molecule has 2 unspecified atom stereocenters. The Bertz CT molecular complexity index is 395. The summed E-state index contributed by atoms with van der Waals surface area (Å²) in [5, 5.41) is 19.4. The summed E-state index contributed by atoms with van der Waals surface area (Å²) in [5.74, 6) is 0.830. The van der Waals surface area contributed by atoms with Crippen molar-refractivity contribution < 1.29 is 19.7 Å². The van der Waals surface area contributed by atoms with Crippen LogP contribution in [0.2, 0.25) is 0 Å². The Labute approximate surface area is 116 Å². The molecule has 0 aliphatic carbocycles. The van der Waals surface area contributed by atoms with Crippen LogP contribution in [0.25, 0.3) is 0 Å². The van der Waals surface area contributed by atoms with Crippen LogP contribution in [0.4, 0.5) is 0 Å². The Morgan fingerprint density at radius 2 is 1.94 bits per heavy atom. The molecule has 102 valence electrons. The third-order valence-electron chi connectivity index (χ3n) is 2.99. The van der Waals surface area contributed by atoms with Crippen molar-refractivity contribution in [2.24, 2.45) is 0 Å². The normalized spacial score (nSPS) is 14.1. The first-order valence-electron chi connectivity index (χ1n) is 5.79. The third kappa shape index (κ3) is 2.96. The Kier molecular flexibility index (Phi) is 5.91. The van der Waals surface area contributed by atoms with Gasteiger partial charge in [-0.3, -0.25) is 0 Å². The summed E-state index contributed by atoms with van der Waals surface area (Å²) in [5.41, 5.74) is 0.810. The maximum absolute atomic E-state index is 9.93. The topological polar surface area (TPSA) is 58.9 Å². The van der Waals surface area contributed by atoms with Crippen molar-refractivity contribution in [1.29, 1.82) is 0 Å². The van der Waals surface area contributed by atoms with E-state index in [1.807, 2.05) is 13.0 Å². The molecule has 1 rings (SSSR count). The van der Waals surface area contributed by atoms with E-state index >= 15 is 0 Å². The Balaban J connectivity index is 3.24. The van der Waals surface area contributed by atoms with Crippen LogP contribution < -0.4 is 9.47 Å². The van der Waals surface area contributed by atoms with E-state index in [2.05, 4.69) is 15.9 Å². The number of hydrogen-bond acceptors (Lipinski definition) is 4. The minimum absolute atomic E-state index is 0.122. The van der Waals surface area contributed by atoms with Crippen LogP contribution in [0.5, 0.6) is 11.5 Å². The van der Waals surface area contributed by atoms with Gasteiger partial charge in [0.15, 0.2) is 11.5 Å². The molecular weight excluding hydrogens is 300 g/mol. The highest BCUT2D eigenvalue weighted by Gasteiger charge is 2.24. The van der Waals surface area contributed by atoms with E-state index in [-0.39, 0.29) is 12.5 Å². The van der Waals surface area contributed by atoms with E-state index in [0.717, 1.165) is 5.56 Å². The van der Waals surface area contributed by atoms with Gasteiger partial charge in [0.2, 0.25) is 0 Å². The van der Waals surface area contributed by atoms with Gasteiger partial charge in [0.25, 0.3) is 0 Å². The maximum Gasteiger partial charge on any atom is 0.175 e. The van der Waals surface area contributed by atoms with Crippen LogP contribution in [0, 0.1) is 0 Å². The first-order chi connectivity index (χ1) is 8.60. The van der Waals surface area contributed by atoms with Gasteiger partial charge in [-0.1, -0.05) is 13.0 Å². The van der Waals surface area contributed by atoms with Crippen LogP contribution in [0.1, 0.15) is 24.8 Å². The molecule has 0 radical (unpaired) electrons. The largest absolute Gasteiger partial charge is 0.493 e. The number of aliphatic hydroxyl groups excluding tert-OH is 2. The summed E-state index contributed by atoms with van der Waals surface area (Å²) >= 11 is 3.44. The molecule has 0 aliphatic rings. The van der Waals surface area contributed by atoms with Crippen molar-refractivity contribution in [3.63, 3.8) is 0 Å². The number of halogens is 1. The van der Waals surface area contributed by atoms with Crippen LogP contribution in [-0.4, -0.2) is 37.1 Å². The van der Waals surface area contributed by atoms with Crippen LogP contribution in [0.3, 0.4) is 0 Å². The third-order valence-corrected chi connectivity index (χ3v) is 3.81. The summed E-state index contributed by atoms with van der Waals surface area (Å²) < 4.78 is 11.2. The van der Waals surface area contributed by atoms with E-state index in [1.165, 1.54) is 0 Å². The fraction of sp³-hybridized carbons (Fsp3) is 0.538. The van der Waals surface area contributed by atoms with Gasteiger partial charge in [0.05, 0.1) is 31.4 Å². The second-order valence-corrected chi connectivity index (χ2v) is 4.76. The summed E-state index contributed by atoms with van der Waals surface area (Å²) in [6, 6.07) is 3.59. The first-order valence-corrected chi connectivity index (χ1v) is 6.59. The van der Waals surface area contributed by atoms with Crippen molar-refractivity contribution in [2.75, 3.05) is 20.8 Å². The standard InChI is InChI=1S/C13H19BrO4/c1-4-10(16)9(7-15)8-5-6-11(17-2)13(18-3)12(8)14/h5-6,9-10,15-16H,4,7H2,1-3H3. The molecule has 0 bridgehead atoms. The molecule has 0 spiro atoms. The fourth-order valence-corrected chi connectivity index (χ4v) is 2.69. The van der Waals surface area contributed by atoms with E-state index in [0.29, 0.717) is 22.4 Å². The minimum Gasteiger partial charge on any atom is -0.493 e. The lowest BCUT2D eigenvalue weighted by molar-refractivity contribution is 0.103. The van der Waals surface area contributed by atoms with Crippen LogP contribution in [-0.2, 0) is 0 Å². The van der Waals surface area contributed by atoms with Crippen molar-refractivity contribution in [2.45, 2.75) is 25.4 Å². The Morgan fingerprint density at radius 1 is 1.28 bits per heavy atom. The van der Waals surface area contributed by atoms with Crippen molar-refractivity contribution in [3.05, 3.63) is 22.2 Å². The van der Waals surface area contributed by atoms with Gasteiger partial charge in [-0.25, -0.2) is 0 Å². The van der Waals surface area contributed by atoms with Crippen molar-refractivity contribution >= 4 is 15.9 Å². The number of hydrogen-bond donors (Lipinski definition) is 2. The highest BCUT2D eigenvalue weighted by molar-refractivity contribution is 9.10. The quantitative estimate of drug-likeness (QED) is 0.845.